The first kappa shape index (κ1) is 14.8. The predicted octanol–water partition coefficient (Wildman–Crippen LogP) is 1.86. The maximum Gasteiger partial charge on any atom is 0.302 e. The number of nitrogens with zero attached hydrogens (tertiary/aromatic N) is 2. The molecule has 20 heavy (non-hydrogen) atoms. The van der Waals surface area contributed by atoms with Crippen molar-refractivity contribution in [3.63, 3.8) is 0 Å². The van der Waals surface area contributed by atoms with Crippen molar-refractivity contribution in [2.45, 2.75) is 6.42 Å². The van der Waals surface area contributed by atoms with Gasteiger partial charge in [0.1, 0.15) is 6.07 Å². The molecule has 2 rings (SSSR count). The van der Waals surface area contributed by atoms with E-state index in [9.17, 15) is 17.1 Å². The molecule has 0 bridgehead atoms. The second-order valence-electron chi connectivity index (χ2n) is 4.53. The Labute approximate surface area is 120 Å². The van der Waals surface area contributed by atoms with Gasteiger partial charge in [0.2, 0.25) is 5.91 Å². The van der Waals surface area contributed by atoms with Crippen molar-refractivity contribution in [1.29, 1.82) is 5.26 Å². The van der Waals surface area contributed by atoms with E-state index in [1.54, 1.807) is 6.07 Å². The fourth-order valence-corrected chi connectivity index (χ4v) is 3.33. The van der Waals surface area contributed by atoms with Crippen LogP contribution < -0.4 is 4.90 Å². The summed E-state index contributed by atoms with van der Waals surface area (Å²) in [6.07, 6.45) is -0.0841. The van der Waals surface area contributed by atoms with Gasteiger partial charge in [0.05, 0.1) is 22.0 Å². The molecule has 5 nitrogen and oxygen atoms in total. The van der Waals surface area contributed by atoms with Gasteiger partial charge in [-0.3, -0.25) is 4.79 Å². The number of rotatable bonds is 3. The smallest absolute Gasteiger partial charge is 0.302 e. The van der Waals surface area contributed by atoms with Gasteiger partial charge < -0.3 is 4.90 Å². The van der Waals surface area contributed by atoms with Crippen LogP contribution in [0.5, 0.6) is 0 Å². The average Bonchev–Trinajstić information content (AvgIpc) is 2.67. The lowest BCUT2D eigenvalue weighted by molar-refractivity contribution is -0.117. The maximum atomic E-state index is 12.7. The lowest BCUT2D eigenvalue weighted by atomic mass is 10.1. The molecule has 8 heteroatoms. The number of carbonyl (C=O) groups is 1. The Hall–Kier alpha value is -1.65. The molecule has 1 aliphatic heterocycles. The number of anilines is 1. The van der Waals surface area contributed by atoms with Crippen molar-refractivity contribution in [3.8, 4) is 6.07 Å². The number of hydrogen-bond donors (Lipinski definition) is 0. The summed E-state index contributed by atoms with van der Waals surface area (Å²) in [7, 11) is -4.64. The van der Waals surface area contributed by atoms with Crippen molar-refractivity contribution in [2.75, 3.05) is 17.2 Å². The van der Waals surface area contributed by atoms with Gasteiger partial charge in [-0.2, -0.15) is 13.7 Å². The second kappa shape index (κ2) is 5.38. The SMILES string of the molecule is N#Cc1cccc(Cl)c1N1CC(CS(=O)(=O)F)CC1=O. The quantitative estimate of drug-likeness (QED) is 0.797. The van der Waals surface area contributed by atoms with Crippen LogP contribution in [-0.4, -0.2) is 26.6 Å². The molecular formula is C12H10ClFN2O3S. The van der Waals surface area contributed by atoms with Crippen LogP contribution in [0.4, 0.5) is 9.57 Å². The van der Waals surface area contributed by atoms with E-state index in [1.807, 2.05) is 6.07 Å². The van der Waals surface area contributed by atoms with E-state index in [-0.39, 0.29) is 35.1 Å². The zero-order valence-electron chi connectivity index (χ0n) is 10.2. The van der Waals surface area contributed by atoms with Gasteiger partial charge in [0.15, 0.2) is 0 Å². The normalized spacial score (nSPS) is 19.1. The van der Waals surface area contributed by atoms with Crippen LogP contribution in [0.25, 0.3) is 0 Å². The van der Waals surface area contributed by atoms with Crippen molar-refractivity contribution < 1.29 is 17.1 Å². The maximum absolute atomic E-state index is 12.7. The van der Waals surface area contributed by atoms with Gasteiger partial charge in [-0.15, -0.1) is 3.89 Å². The molecule has 0 radical (unpaired) electrons. The molecule has 1 amide bonds. The summed E-state index contributed by atoms with van der Waals surface area (Å²) in [6, 6.07) is 6.54. The van der Waals surface area contributed by atoms with Crippen molar-refractivity contribution >= 4 is 33.4 Å². The summed E-state index contributed by atoms with van der Waals surface area (Å²) >= 11 is 6.00. The molecule has 0 aliphatic carbocycles. The lowest BCUT2D eigenvalue weighted by Crippen LogP contribution is -2.26. The van der Waals surface area contributed by atoms with Gasteiger partial charge in [-0.25, -0.2) is 0 Å². The Morgan fingerprint density at radius 1 is 1.50 bits per heavy atom. The van der Waals surface area contributed by atoms with E-state index in [4.69, 9.17) is 16.9 Å². The fourth-order valence-electron chi connectivity index (χ4n) is 2.27. The first-order valence-electron chi connectivity index (χ1n) is 5.73. The van der Waals surface area contributed by atoms with Crippen LogP contribution in [0.2, 0.25) is 5.02 Å². The predicted molar refractivity (Wildman–Crippen MR) is 71.5 cm³/mol. The highest BCUT2D eigenvalue weighted by atomic mass is 35.5. The Bertz CT molecular complexity index is 699. The summed E-state index contributed by atoms with van der Waals surface area (Å²) < 4.78 is 34.0. The summed E-state index contributed by atoms with van der Waals surface area (Å²) in [5.74, 6) is -1.72. The molecule has 0 N–H and O–H groups in total. The van der Waals surface area contributed by atoms with Crippen molar-refractivity contribution in [1.82, 2.24) is 0 Å². The number of carbonyl (C=O) groups excluding carboxylic acids is 1. The first-order chi connectivity index (χ1) is 9.31. The standard InChI is InChI=1S/C12H10ClFN2O3S/c13-10-3-1-2-9(5-15)12(10)16-6-8(4-11(16)17)7-20(14,18)19/h1-3,8H,4,6-7H2. The zero-order valence-corrected chi connectivity index (χ0v) is 11.8. The third-order valence-corrected chi connectivity index (χ3v) is 4.19. The number of para-hydroxylation sites is 1. The van der Waals surface area contributed by atoms with Crippen LogP contribution in [0.15, 0.2) is 18.2 Å². The average molecular weight is 317 g/mol. The molecule has 1 aromatic carbocycles. The van der Waals surface area contributed by atoms with Gasteiger partial charge in [-0.05, 0) is 12.1 Å². The van der Waals surface area contributed by atoms with Gasteiger partial charge >= 0.3 is 10.2 Å². The molecule has 1 fully saturated rings. The van der Waals surface area contributed by atoms with E-state index in [0.717, 1.165) is 0 Å². The number of halogens is 2. The van der Waals surface area contributed by atoms with Crippen LogP contribution >= 0.6 is 11.6 Å². The van der Waals surface area contributed by atoms with E-state index in [0.29, 0.717) is 0 Å². The summed E-state index contributed by atoms with van der Waals surface area (Å²) in [5, 5.41) is 9.26. The highest BCUT2D eigenvalue weighted by Crippen LogP contribution is 2.34. The molecular weight excluding hydrogens is 307 g/mol. The van der Waals surface area contributed by atoms with Crippen LogP contribution in [0.1, 0.15) is 12.0 Å². The number of benzene rings is 1. The van der Waals surface area contributed by atoms with E-state index >= 15 is 0 Å². The molecule has 0 spiro atoms. The fraction of sp³-hybridized carbons (Fsp3) is 0.333. The number of nitriles is 1. The van der Waals surface area contributed by atoms with E-state index in [1.165, 1.54) is 17.0 Å². The highest BCUT2D eigenvalue weighted by Gasteiger charge is 2.35. The van der Waals surface area contributed by atoms with Crippen molar-refractivity contribution in [2.24, 2.45) is 5.92 Å². The molecule has 0 saturated carbocycles. The Morgan fingerprint density at radius 2 is 2.20 bits per heavy atom. The molecule has 1 heterocycles. The molecule has 106 valence electrons. The second-order valence-corrected chi connectivity index (χ2v) is 6.35. The van der Waals surface area contributed by atoms with Gasteiger partial charge in [0, 0.05) is 18.9 Å². The van der Waals surface area contributed by atoms with E-state index < -0.39 is 21.9 Å². The largest absolute Gasteiger partial charge is 0.309 e. The van der Waals surface area contributed by atoms with Gasteiger partial charge in [0.25, 0.3) is 0 Å². The zero-order chi connectivity index (χ0) is 14.9. The van der Waals surface area contributed by atoms with Gasteiger partial charge in [-0.1, -0.05) is 17.7 Å². The minimum atomic E-state index is -4.64. The third-order valence-electron chi connectivity index (χ3n) is 3.02. The monoisotopic (exact) mass is 316 g/mol. The molecule has 1 atom stereocenters. The minimum Gasteiger partial charge on any atom is -0.309 e. The molecule has 1 unspecified atom stereocenters. The van der Waals surface area contributed by atoms with Crippen LogP contribution in [0, 0.1) is 17.2 Å². The molecule has 0 aromatic heterocycles. The summed E-state index contributed by atoms with van der Waals surface area (Å²) in [6.45, 7) is 0.0282. The third kappa shape index (κ3) is 3.08. The number of amides is 1. The van der Waals surface area contributed by atoms with Crippen LogP contribution in [0.3, 0.4) is 0 Å². The van der Waals surface area contributed by atoms with E-state index in [2.05, 4.69) is 0 Å². The molecule has 1 aromatic rings. The van der Waals surface area contributed by atoms with Crippen molar-refractivity contribution in [3.05, 3.63) is 28.8 Å². The number of hydrogen-bond acceptors (Lipinski definition) is 4. The Balaban J connectivity index is 2.32. The molecule has 1 aliphatic rings. The Kier molecular flexibility index (Phi) is 3.97. The van der Waals surface area contributed by atoms with Crippen LogP contribution in [-0.2, 0) is 15.0 Å². The minimum absolute atomic E-state index is 0.0282. The summed E-state index contributed by atoms with van der Waals surface area (Å²) in [5.41, 5.74) is 0.468. The molecule has 1 saturated heterocycles. The lowest BCUT2D eigenvalue weighted by Gasteiger charge is -2.19. The Morgan fingerprint density at radius 3 is 2.80 bits per heavy atom. The highest BCUT2D eigenvalue weighted by molar-refractivity contribution is 7.86. The first-order valence-corrected chi connectivity index (χ1v) is 7.66. The topological polar surface area (TPSA) is 78.2 Å². The summed E-state index contributed by atoms with van der Waals surface area (Å²) in [4.78, 5) is 13.2.